The zero-order valence-electron chi connectivity index (χ0n) is 14.5. The molecule has 0 atom stereocenters. The van der Waals surface area contributed by atoms with Crippen molar-refractivity contribution in [2.45, 2.75) is 24.2 Å². The molecule has 1 aromatic heterocycles. The van der Waals surface area contributed by atoms with Gasteiger partial charge in [-0.15, -0.1) is 23.1 Å². The Morgan fingerprint density at radius 3 is 2.76 bits per heavy atom. The van der Waals surface area contributed by atoms with E-state index < -0.39 is 0 Å². The van der Waals surface area contributed by atoms with Crippen molar-refractivity contribution in [1.82, 2.24) is 4.90 Å². The predicted octanol–water partition coefficient (Wildman–Crippen LogP) is 4.37. The molecule has 3 heterocycles. The molecule has 0 spiro atoms. The summed E-state index contributed by atoms with van der Waals surface area (Å²) in [5.74, 6) is 1.17. The van der Waals surface area contributed by atoms with Crippen molar-refractivity contribution in [3.05, 3.63) is 46.2 Å². The Balaban J connectivity index is 1.43. The van der Waals surface area contributed by atoms with Crippen molar-refractivity contribution in [3.8, 4) is 0 Å². The second kappa shape index (κ2) is 7.94. The molecule has 2 aromatic rings. The van der Waals surface area contributed by atoms with Gasteiger partial charge in [-0.2, -0.15) is 0 Å². The second-order valence-electron chi connectivity index (χ2n) is 6.82. The number of likely N-dealkylation sites (tertiary alicyclic amines) is 1. The Morgan fingerprint density at radius 2 is 1.96 bits per heavy atom. The molecule has 0 bridgehead atoms. The lowest BCUT2D eigenvalue weighted by Crippen LogP contribution is -2.36. The van der Waals surface area contributed by atoms with Crippen LogP contribution in [0.3, 0.4) is 0 Å². The van der Waals surface area contributed by atoms with Gasteiger partial charge in [-0.3, -0.25) is 0 Å². The number of nitrogens with one attached hydrogen (secondary N) is 1. The van der Waals surface area contributed by atoms with Crippen LogP contribution in [0.25, 0.3) is 0 Å². The van der Waals surface area contributed by atoms with Gasteiger partial charge in [-0.25, -0.2) is 0 Å². The Kier molecular flexibility index (Phi) is 5.44. The third kappa shape index (κ3) is 4.10. The van der Waals surface area contributed by atoms with E-state index in [1.165, 1.54) is 54.4 Å². The monoisotopic (exact) mass is 371 g/mol. The molecule has 2 aliphatic heterocycles. The van der Waals surface area contributed by atoms with Gasteiger partial charge in [-0.05, 0) is 55.1 Å². The van der Waals surface area contributed by atoms with Crippen LogP contribution in [0.1, 0.15) is 23.3 Å². The third-order valence-corrected chi connectivity index (χ3v) is 7.02. The standard InChI is InChI=1S/C20H25N3S2/c21-17(19-4-3-12-24-19)14-16-5-6-18-20(15-16)25-13-11-23(18)10-9-22-7-1-2-8-22/h3-6,12,15,21H,1-2,7-11,13-14H2. The number of fused-ring (bicyclic) bond motifs is 1. The van der Waals surface area contributed by atoms with Crippen LogP contribution in [0.2, 0.25) is 0 Å². The highest BCUT2D eigenvalue weighted by molar-refractivity contribution is 7.99. The molecule has 0 radical (unpaired) electrons. The van der Waals surface area contributed by atoms with Crippen LogP contribution in [-0.2, 0) is 6.42 Å². The Hall–Kier alpha value is -1.30. The van der Waals surface area contributed by atoms with Gasteiger partial charge in [0.25, 0.3) is 0 Å². The van der Waals surface area contributed by atoms with E-state index in [1.807, 2.05) is 29.3 Å². The van der Waals surface area contributed by atoms with Gasteiger partial charge >= 0.3 is 0 Å². The first-order valence-electron chi connectivity index (χ1n) is 9.14. The fourth-order valence-electron chi connectivity index (χ4n) is 3.67. The molecule has 0 aliphatic carbocycles. The summed E-state index contributed by atoms with van der Waals surface area (Å²) in [7, 11) is 0. The average Bonchev–Trinajstić information content (AvgIpc) is 3.33. The predicted molar refractivity (Wildman–Crippen MR) is 110 cm³/mol. The number of thioether (sulfide) groups is 1. The van der Waals surface area contributed by atoms with E-state index >= 15 is 0 Å². The van der Waals surface area contributed by atoms with Crippen LogP contribution >= 0.6 is 23.1 Å². The first-order valence-corrected chi connectivity index (χ1v) is 11.0. The topological polar surface area (TPSA) is 30.3 Å². The van der Waals surface area contributed by atoms with Crippen LogP contribution in [0.5, 0.6) is 0 Å². The second-order valence-corrected chi connectivity index (χ2v) is 8.90. The van der Waals surface area contributed by atoms with E-state index in [2.05, 4.69) is 28.0 Å². The van der Waals surface area contributed by atoms with Gasteiger partial charge in [0.1, 0.15) is 0 Å². The number of anilines is 1. The molecule has 3 nitrogen and oxygen atoms in total. The van der Waals surface area contributed by atoms with E-state index in [9.17, 15) is 0 Å². The summed E-state index contributed by atoms with van der Waals surface area (Å²) in [5.41, 5.74) is 3.37. The lowest BCUT2D eigenvalue weighted by atomic mass is 10.1. The van der Waals surface area contributed by atoms with Gasteiger partial charge in [0.05, 0.1) is 11.4 Å². The van der Waals surface area contributed by atoms with E-state index in [1.54, 1.807) is 11.3 Å². The maximum absolute atomic E-state index is 8.31. The van der Waals surface area contributed by atoms with E-state index in [4.69, 9.17) is 5.41 Å². The highest BCUT2D eigenvalue weighted by Crippen LogP contribution is 2.35. The lowest BCUT2D eigenvalue weighted by Gasteiger charge is -2.32. The van der Waals surface area contributed by atoms with Crippen molar-refractivity contribution < 1.29 is 0 Å². The van der Waals surface area contributed by atoms with Crippen LogP contribution in [0.15, 0.2) is 40.6 Å². The molecule has 0 unspecified atom stereocenters. The Labute approximate surface area is 158 Å². The first-order chi connectivity index (χ1) is 12.3. The van der Waals surface area contributed by atoms with E-state index in [0.29, 0.717) is 0 Å². The quantitative estimate of drug-likeness (QED) is 0.765. The minimum Gasteiger partial charge on any atom is -0.369 e. The van der Waals surface area contributed by atoms with E-state index in [-0.39, 0.29) is 0 Å². The Bertz CT molecular complexity index is 721. The molecule has 5 heteroatoms. The van der Waals surface area contributed by atoms with Crippen molar-refractivity contribution in [2.24, 2.45) is 0 Å². The van der Waals surface area contributed by atoms with Crippen molar-refractivity contribution in [2.75, 3.05) is 43.4 Å². The summed E-state index contributed by atoms with van der Waals surface area (Å²) in [4.78, 5) is 7.62. The van der Waals surface area contributed by atoms with Crippen LogP contribution in [-0.4, -0.2) is 49.1 Å². The number of benzene rings is 1. The summed E-state index contributed by atoms with van der Waals surface area (Å²) in [6.07, 6.45) is 3.46. The molecule has 25 heavy (non-hydrogen) atoms. The van der Waals surface area contributed by atoms with Gasteiger partial charge in [0.15, 0.2) is 0 Å². The molecule has 1 fully saturated rings. The average molecular weight is 372 g/mol. The largest absolute Gasteiger partial charge is 0.369 e. The van der Waals surface area contributed by atoms with Crippen molar-refractivity contribution >= 4 is 34.5 Å². The lowest BCUT2D eigenvalue weighted by molar-refractivity contribution is 0.345. The summed E-state index contributed by atoms with van der Waals surface area (Å²) >= 11 is 3.62. The highest BCUT2D eigenvalue weighted by atomic mass is 32.2. The van der Waals surface area contributed by atoms with Gasteiger partial charge < -0.3 is 15.2 Å². The number of nitrogens with zero attached hydrogens (tertiary/aromatic N) is 2. The fourth-order valence-corrected chi connectivity index (χ4v) is 5.46. The normalized spacial score (nSPS) is 17.7. The minimum atomic E-state index is 0.724. The highest BCUT2D eigenvalue weighted by Gasteiger charge is 2.20. The van der Waals surface area contributed by atoms with Gasteiger partial charge in [0.2, 0.25) is 0 Å². The van der Waals surface area contributed by atoms with Gasteiger partial charge in [-0.1, -0.05) is 12.1 Å². The molecule has 4 rings (SSSR count). The molecule has 132 valence electrons. The summed E-state index contributed by atoms with van der Waals surface area (Å²) in [5, 5.41) is 10.4. The zero-order valence-corrected chi connectivity index (χ0v) is 16.2. The smallest absolute Gasteiger partial charge is 0.0529 e. The molecule has 0 amide bonds. The molecule has 1 aromatic carbocycles. The molecule has 1 N–H and O–H groups in total. The molecular formula is C20H25N3S2. The number of thiophene rings is 1. The first kappa shape index (κ1) is 17.1. The number of hydrogen-bond donors (Lipinski definition) is 1. The number of rotatable bonds is 6. The molecule has 1 saturated heterocycles. The number of hydrogen-bond acceptors (Lipinski definition) is 5. The van der Waals surface area contributed by atoms with Crippen molar-refractivity contribution in [3.63, 3.8) is 0 Å². The Morgan fingerprint density at radius 1 is 1.08 bits per heavy atom. The minimum absolute atomic E-state index is 0.724. The molecular weight excluding hydrogens is 346 g/mol. The maximum Gasteiger partial charge on any atom is 0.0529 e. The fraction of sp³-hybridized carbons (Fsp3) is 0.450. The van der Waals surface area contributed by atoms with Gasteiger partial charge in [0, 0.05) is 41.6 Å². The van der Waals surface area contributed by atoms with Crippen molar-refractivity contribution in [1.29, 1.82) is 5.41 Å². The third-order valence-electron chi connectivity index (χ3n) is 5.07. The summed E-state index contributed by atoms with van der Waals surface area (Å²) in [6.45, 7) is 6.03. The summed E-state index contributed by atoms with van der Waals surface area (Å²) < 4.78 is 0. The summed E-state index contributed by atoms with van der Waals surface area (Å²) in [6, 6.07) is 10.9. The van der Waals surface area contributed by atoms with Crippen LogP contribution < -0.4 is 4.90 Å². The maximum atomic E-state index is 8.31. The zero-order chi connectivity index (χ0) is 17.1. The molecule has 0 saturated carbocycles. The van der Waals surface area contributed by atoms with E-state index in [0.717, 1.165) is 30.1 Å². The SMILES string of the molecule is N=C(Cc1ccc2c(c1)SCCN2CCN1CCCC1)c1cccs1. The molecule has 2 aliphatic rings. The van der Waals surface area contributed by atoms with Crippen LogP contribution in [0.4, 0.5) is 5.69 Å². The van der Waals surface area contributed by atoms with Crippen LogP contribution in [0, 0.1) is 5.41 Å².